The van der Waals surface area contributed by atoms with E-state index in [2.05, 4.69) is 9.62 Å². The second-order valence-corrected chi connectivity index (χ2v) is 12.9. The van der Waals surface area contributed by atoms with Crippen LogP contribution in [0.25, 0.3) is 0 Å². The summed E-state index contributed by atoms with van der Waals surface area (Å²) in [6, 6.07) is 4.69. The number of aliphatic hydroxyl groups is 1. The van der Waals surface area contributed by atoms with Crippen molar-refractivity contribution in [3.05, 3.63) is 44.4 Å². The molecule has 0 spiro atoms. The number of aliphatic carboxylic acids is 1. The second-order valence-electron chi connectivity index (χ2n) is 9.44. The molecule has 2 fully saturated rings. The molecule has 198 valence electrons. The van der Waals surface area contributed by atoms with Crippen molar-refractivity contribution < 1.29 is 28.2 Å². The number of halogens is 2. The molecule has 3 aliphatic rings. The minimum Gasteiger partial charge on any atom is -0.477 e. The Hall–Kier alpha value is -1.38. The van der Waals surface area contributed by atoms with E-state index in [1.54, 1.807) is 12.1 Å². The van der Waals surface area contributed by atoms with Crippen molar-refractivity contribution in [2.45, 2.75) is 50.3 Å². The smallest absolute Gasteiger partial charge is 0.353 e. The van der Waals surface area contributed by atoms with Crippen molar-refractivity contribution in [2.24, 2.45) is 17.0 Å². The molecule has 10 nitrogen and oxygen atoms in total. The summed E-state index contributed by atoms with van der Waals surface area (Å²) >= 11 is 13.9. The predicted octanol–water partition coefficient (Wildman–Crippen LogP) is 1.62. The van der Waals surface area contributed by atoms with E-state index in [1.165, 1.54) is 23.6 Å². The summed E-state index contributed by atoms with van der Waals surface area (Å²) in [6.45, 7) is 4.41. The molecule has 5 N–H and O–H groups in total. The van der Waals surface area contributed by atoms with Crippen LogP contribution in [0.4, 0.5) is 0 Å². The minimum atomic E-state index is -3.90. The second kappa shape index (κ2) is 10.4. The maximum Gasteiger partial charge on any atom is 0.353 e. The summed E-state index contributed by atoms with van der Waals surface area (Å²) in [4.78, 5) is 28.7. The number of fused-ring (bicyclic) bond motifs is 1. The number of carboxylic acids is 1. The number of carbonyl (C=O) groups is 2. The van der Waals surface area contributed by atoms with Crippen LogP contribution in [0.3, 0.4) is 0 Å². The molecule has 14 heteroatoms. The van der Waals surface area contributed by atoms with Crippen LogP contribution in [0.15, 0.2) is 28.8 Å². The number of carbonyl (C=O) groups excluding carboxylic acids is 1. The number of hydrogen-bond acceptors (Lipinski definition) is 7. The lowest BCUT2D eigenvalue weighted by Gasteiger charge is -2.46. The van der Waals surface area contributed by atoms with Crippen molar-refractivity contribution in [1.82, 2.24) is 14.5 Å². The van der Waals surface area contributed by atoms with E-state index in [9.17, 15) is 28.2 Å². The third-order valence-corrected chi connectivity index (χ3v) is 9.94. The first-order chi connectivity index (χ1) is 16.8. The van der Waals surface area contributed by atoms with Crippen molar-refractivity contribution in [3.8, 4) is 0 Å². The number of nitrogens with zero attached hydrogens (tertiary/aromatic N) is 2. The van der Waals surface area contributed by atoms with Gasteiger partial charge in [0.05, 0.1) is 28.1 Å². The van der Waals surface area contributed by atoms with Crippen LogP contribution >= 0.6 is 35.0 Å². The zero-order chi connectivity index (χ0) is 26.5. The maximum atomic E-state index is 12.6. The highest BCUT2D eigenvalue weighted by atomic mass is 35.5. The Morgan fingerprint density at radius 2 is 2.06 bits per heavy atom. The number of amides is 1. The van der Waals surface area contributed by atoms with Crippen LogP contribution < -0.4 is 9.86 Å². The Bertz CT molecular complexity index is 1210. The minimum absolute atomic E-state index is 0.0325. The van der Waals surface area contributed by atoms with Crippen molar-refractivity contribution >= 4 is 57.0 Å². The average molecular weight is 580 g/mol. The van der Waals surface area contributed by atoms with Gasteiger partial charge in [-0.3, -0.25) is 9.69 Å². The molecule has 1 aromatic rings. The van der Waals surface area contributed by atoms with Gasteiger partial charge >= 0.3 is 5.97 Å². The predicted molar refractivity (Wildman–Crippen MR) is 137 cm³/mol. The lowest BCUT2D eigenvalue weighted by molar-refractivity contribution is -0.163. The third kappa shape index (κ3) is 5.28. The average Bonchev–Trinajstić information content (AvgIpc) is 3.26. The highest BCUT2D eigenvalue weighted by molar-refractivity contribution is 8.03. The molecular weight excluding hydrogens is 551 g/mol. The number of benzene rings is 1. The molecule has 2 saturated heterocycles. The van der Waals surface area contributed by atoms with Crippen LogP contribution in [0.2, 0.25) is 10.0 Å². The molecule has 0 unspecified atom stereocenters. The number of aliphatic hydroxyl groups excluding tert-OH is 1. The molecule has 0 bridgehead atoms. The van der Waals surface area contributed by atoms with Gasteiger partial charge in [-0.1, -0.05) is 42.3 Å². The number of β-lactam (4-membered cyclic amide) rings is 1. The van der Waals surface area contributed by atoms with Gasteiger partial charge in [-0.2, -0.15) is 8.42 Å². The van der Waals surface area contributed by atoms with Crippen LogP contribution in [0.5, 0.6) is 0 Å². The summed E-state index contributed by atoms with van der Waals surface area (Å²) in [5.74, 6) is -2.45. The van der Waals surface area contributed by atoms with Crippen molar-refractivity contribution in [1.29, 1.82) is 0 Å². The van der Waals surface area contributed by atoms with E-state index < -0.39 is 34.2 Å². The van der Waals surface area contributed by atoms with Gasteiger partial charge in [0, 0.05) is 41.7 Å². The van der Waals surface area contributed by atoms with Gasteiger partial charge in [-0.25, -0.2) is 14.7 Å². The molecule has 0 aromatic heterocycles. The summed E-state index contributed by atoms with van der Waals surface area (Å²) in [6.07, 6.45) is -0.328. The van der Waals surface area contributed by atoms with Gasteiger partial charge in [0.25, 0.3) is 10.2 Å². The van der Waals surface area contributed by atoms with E-state index in [1.807, 2.05) is 13.0 Å². The monoisotopic (exact) mass is 578 g/mol. The largest absolute Gasteiger partial charge is 0.477 e. The van der Waals surface area contributed by atoms with Gasteiger partial charge in [-0.15, -0.1) is 11.8 Å². The molecule has 6 atom stereocenters. The highest BCUT2D eigenvalue weighted by Gasteiger charge is 2.60. The number of nitrogens with one attached hydrogen (secondary N) is 1. The van der Waals surface area contributed by atoms with Crippen molar-refractivity contribution in [2.75, 3.05) is 13.1 Å². The Balaban J connectivity index is 1.57. The Labute approximate surface area is 224 Å². The van der Waals surface area contributed by atoms with E-state index in [-0.39, 0.29) is 35.4 Å². The summed E-state index contributed by atoms with van der Waals surface area (Å²) < 4.78 is 25.4. The zero-order valence-corrected chi connectivity index (χ0v) is 22.7. The number of hydrogen-bond donors (Lipinski definition) is 4. The lowest BCUT2D eigenvalue weighted by atomic mass is 9.79. The fraction of sp³-hybridized carbons (Fsp3) is 0.545. The lowest BCUT2D eigenvalue weighted by Crippen LogP contribution is -2.63. The number of rotatable bonds is 9. The molecule has 0 saturated carbocycles. The van der Waals surface area contributed by atoms with E-state index in [0.29, 0.717) is 34.5 Å². The Morgan fingerprint density at radius 1 is 1.36 bits per heavy atom. The van der Waals surface area contributed by atoms with Gasteiger partial charge in [0.2, 0.25) is 5.91 Å². The highest BCUT2D eigenvalue weighted by Crippen LogP contribution is 2.52. The summed E-state index contributed by atoms with van der Waals surface area (Å²) in [7, 11) is -3.90. The van der Waals surface area contributed by atoms with E-state index in [4.69, 9.17) is 28.3 Å². The molecule has 3 aliphatic heterocycles. The number of likely N-dealkylation sites (tertiary alicyclic amines) is 1. The maximum absolute atomic E-state index is 12.6. The number of carboxylic acid groups (broad SMARTS) is 1. The van der Waals surface area contributed by atoms with Crippen LogP contribution in [-0.2, 0) is 26.3 Å². The van der Waals surface area contributed by atoms with Gasteiger partial charge in [-0.05, 0) is 25.0 Å². The topological polar surface area (TPSA) is 153 Å². The summed E-state index contributed by atoms with van der Waals surface area (Å²) in [5, 5.41) is 25.9. The van der Waals surface area contributed by atoms with Gasteiger partial charge in [0.15, 0.2) is 0 Å². The Morgan fingerprint density at radius 3 is 2.67 bits per heavy atom. The molecule has 1 aromatic carbocycles. The first-order valence-corrected chi connectivity index (χ1v) is 14.6. The van der Waals surface area contributed by atoms with E-state index >= 15 is 0 Å². The molecule has 3 heterocycles. The van der Waals surface area contributed by atoms with Crippen LogP contribution in [-0.4, -0.2) is 76.8 Å². The first-order valence-electron chi connectivity index (χ1n) is 11.4. The fourth-order valence-electron chi connectivity index (χ4n) is 5.39. The molecule has 0 aliphatic carbocycles. The number of thioether (sulfide) groups is 1. The van der Waals surface area contributed by atoms with E-state index in [0.717, 1.165) is 5.56 Å². The van der Waals surface area contributed by atoms with Crippen LogP contribution in [0, 0.1) is 11.8 Å². The summed E-state index contributed by atoms with van der Waals surface area (Å²) in [5.41, 5.74) is 0.750. The zero-order valence-electron chi connectivity index (χ0n) is 19.6. The fourth-order valence-corrected chi connectivity index (χ4v) is 7.79. The molecule has 4 rings (SSSR count). The third-order valence-electron chi connectivity index (χ3n) is 7.02. The van der Waals surface area contributed by atoms with Gasteiger partial charge in [0.1, 0.15) is 5.70 Å². The number of nitrogens with two attached hydrogens (primary N) is 1. The quantitative estimate of drug-likeness (QED) is 0.322. The molecule has 36 heavy (non-hydrogen) atoms. The first kappa shape index (κ1) is 27.6. The van der Waals surface area contributed by atoms with Crippen molar-refractivity contribution in [3.63, 3.8) is 0 Å². The molecule has 0 radical (unpaired) electrons. The Kier molecular flexibility index (Phi) is 8.00. The normalized spacial score (nSPS) is 29.4. The standard InChI is InChI=1S/C22H28Cl2N4O6S2/c1-10-18-16(11(2)29)21(30)28(18)19(22(31)32)20(10)35-14-6-13(7-26-36(25,33)34)27(9-14)8-12-4-3-5-15(23)17(12)24/h3-5,10-11,13-14,16,18,26,29H,6-9H2,1-2H3,(H,31,32)(H2,25,33,34)/t10-,11-,13+,14+,16-,18-/m1/s1. The SMILES string of the molecule is C[C@@H](O)[C@H]1C(=O)N2C(C(=O)O)=C(S[C@H]3C[C@@H](CNS(N)(=O)=O)N(Cc4cccc(Cl)c4Cl)C3)[C@H](C)[C@H]12. The molecular formula is C22H28Cl2N4O6S2. The van der Waals surface area contributed by atoms with Crippen LogP contribution in [0.1, 0.15) is 25.8 Å². The molecule has 1 amide bonds. The van der Waals surface area contributed by atoms with Gasteiger partial charge < -0.3 is 15.1 Å².